The van der Waals surface area contributed by atoms with Crippen LogP contribution in [0.25, 0.3) is 0 Å². The van der Waals surface area contributed by atoms with Gasteiger partial charge in [-0.3, -0.25) is 4.90 Å². The Balaban J connectivity index is 2.77. The van der Waals surface area contributed by atoms with Crippen molar-refractivity contribution < 1.29 is 22.7 Å². The first-order valence-corrected chi connectivity index (χ1v) is 10.9. The summed E-state index contributed by atoms with van der Waals surface area (Å²) in [5, 5.41) is 12.9. The number of rotatable bonds is 12. The molecule has 0 aromatic rings. The predicted molar refractivity (Wildman–Crippen MR) is 115 cm³/mol. The Morgan fingerprint density at radius 3 is 2.47 bits per heavy atom. The summed E-state index contributed by atoms with van der Waals surface area (Å²) in [5.74, 6) is 0. The molecule has 1 aliphatic rings. The van der Waals surface area contributed by atoms with Crippen molar-refractivity contribution in [1.29, 1.82) is 0 Å². The van der Waals surface area contributed by atoms with Crippen LogP contribution < -0.4 is 5.32 Å². The van der Waals surface area contributed by atoms with Crippen molar-refractivity contribution in [2.45, 2.75) is 77.1 Å². The number of hydrogen-bond acceptors (Lipinski definition) is 3. The molecule has 0 spiro atoms. The van der Waals surface area contributed by atoms with E-state index < -0.39 is 18.5 Å². The summed E-state index contributed by atoms with van der Waals surface area (Å²) < 4.78 is 52.2. The highest BCUT2D eigenvalue weighted by molar-refractivity contribution is 5.33. The fourth-order valence-corrected chi connectivity index (χ4v) is 3.57. The summed E-state index contributed by atoms with van der Waals surface area (Å²) in [4.78, 5) is 2.00. The lowest BCUT2D eigenvalue weighted by Gasteiger charge is -2.28. The molecule has 0 bridgehead atoms. The lowest BCUT2D eigenvalue weighted by molar-refractivity contribution is -0.255. The van der Waals surface area contributed by atoms with E-state index in [1.807, 2.05) is 24.9 Å². The van der Waals surface area contributed by atoms with E-state index in [-0.39, 0.29) is 12.8 Å². The van der Waals surface area contributed by atoms with Gasteiger partial charge in [-0.05, 0) is 76.7 Å². The molecule has 0 aromatic carbocycles. The first kappa shape index (κ1) is 26.9. The molecule has 2 N–H and O–H groups in total. The molecule has 2 unspecified atom stereocenters. The summed E-state index contributed by atoms with van der Waals surface area (Å²) in [7, 11) is 1.95. The molecule has 3 nitrogen and oxygen atoms in total. The number of aliphatic hydroxyl groups is 1. The number of hydrogen-bond donors (Lipinski definition) is 2. The van der Waals surface area contributed by atoms with Crippen LogP contribution in [-0.4, -0.2) is 61.2 Å². The molecule has 0 fully saturated rings. The molecule has 0 radical (unpaired) electrons. The van der Waals surface area contributed by atoms with E-state index in [0.717, 1.165) is 37.3 Å². The third kappa shape index (κ3) is 8.52. The van der Waals surface area contributed by atoms with E-state index in [4.69, 9.17) is 0 Å². The number of alkyl halides is 4. The zero-order valence-electron chi connectivity index (χ0n) is 18.8. The zero-order valence-corrected chi connectivity index (χ0v) is 18.8. The summed E-state index contributed by atoms with van der Waals surface area (Å²) in [6.07, 6.45) is 4.72. The van der Waals surface area contributed by atoms with Crippen molar-refractivity contribution in [2.24, 2.45) is 0 Å². The van der Waals surface area contributed by atoms with E-state index in [2.05, 4.69) is 24.4 Å². The summed E-state index contributed by atoms with van der Waals surface area (Å²) in [5.41, 5.74) is 0.236. The van der Waals surface area contributed by atoms with Crippen molar-refractivity contribution in [3.05, 3.63) is 34.9 Å². The maximum atomic E-state index is 13.7. The van der Waals surface area contributed by atoms with Crippen LogP contribution in [0.2, 0.25) is 0 Å². The topological polar surface area (TPSA) is 35.5 Å². The van der Waals surface area contributed by atoms with Gasteiger partial charge in [-0.1, -0.05) is 37.6 Å². The largest absolute Gasteiger partial charge is 0.416 e. The van der Waals surface area contributed by atoms with Crippen molar-refractivity contribution >= 4 is 0 Å². The van der Waals surface area contributed by atoms with Crippen molar-refractivity contribution in [3.8, 4) is 0 Å². The van der Waals surface area contributed by atoms with E-state index in [0.29, 0.717) is 32.1 Å². The average molecular weight is 435 g/mol. The van der Waals surface area contributed by atoms with E-state index in [9.17, 15) is 22.7 Å². The molecule has 2 atom stereocenters. The van der Waals surface area contributed by atoms with Gasteiger partial charge < -0.3 is 10.4 Å². The monoisotopic (exact) mass is 434 g/mol. The second kappa shape index (κ2) is 12.6. The molecular formula is C23H38F4N2O. The van der Waals surface area contributed by atoms with Gasteiger partial charge in [0.25, 0.3) is 0 Å². The predicted octanol–water partition coefficient (Wildman–Crippen LogP) is 5.33. The normalized spacial score (nSPS) is 24.0. The highest BCUT2D eigenvalue weighted by atomic mass is 19.4. The van der Waals surface area contributed by atoms with Crippen molar-refractivity contribution in [2.75, 3.05) is 33.4 Å². The van der Waals surface area contributed by atoms with Crippen LogP contribution in [0.1, 0.15) is 59.3 Å². The lowest BCUT2D eigenvalue weighted by atomic mass is 9.94. The first-order chi connectivity index (χ1) is 14.1. The molecule has 1 aliphatic carbocycles. The van der Waals surface area contributed by atoms with Crippen LogP contribution in [0.5, 0.6) is 0 Å². The van der Waals surface area contributed by atoms with Gasteiger partial charge in [0.2, 0.25) is 0 Å². The molecule has 0 saturated heterocycles. The van der Waals surface area contributed by atoms with Gasteiger partial charge in [0.05, 0.1) is 0 Å². The van der Waals surface area contributed by atoms with Gasteiger partial charge in [0, 0.05) is 12.6 Å². The average Bonchev–Trinajstić information content (AvgIpc) is 2.67. The Bertz CT molecular complexity index is 605. The zero-order chi connectivity index (χ0) is 22.8. The van der Waals surface area contributed by atoms with Gasteiger partial charge >= 0.3 is 6.18 Å². The number of allylic oxidation sites excluding steroid dienone is 3. The quantitative estimate of drug-likeness (QED) is 0.322. The Labute approximate surface area is 178 Å². The minimum absolute atomic E-state index is 0.217. The molecule has 0 aromatic heterocycles. The van der Waals surface area contributed by atoms with Crippen LogP contribution >= 0.6 is 0 Å². The van der Waals surface area contributed by atoms with Crippen molar-refractivity contribution in [1.82, 2.24) is 10.2 Å². The van der Waals surface area contributed by atoms with Gasteiger partial charge in [-0.2, -0.15) is 13.2 Å². The number of likely N-dealkylation sites (N-methyl/N-ethyl adjacent to an activating group) is 1. The van der Waals surface area contributed by atoms with Crippen LogP contribution in [0, 0.1) is 0 Å². The number of nitrogens with one attached hydrogen (secondary N) is 1. The fourth-order valence-electron chi connectivity index (χ4n) is 3.57. The van der Waals surface area contributed by atoms with Crippen molar-refractivity contribution in [3.63, 3.8) is 0 Å². The Kier molecular flexibility index (Phi) is 11.3. The first-order valence-electron chi connectivity index (χ1n) is 10.9. The van der Waals surface area contributed by atoms with Crippen LogP contribution in [0.15, 0.2) is 34.9 Å². The second-order valence-corrected chi connectivity index (χ2v) is 8.28. The SMILES string of the molecule is CCC(C/C1=C/C/C(CF)=C(CN(CC)CCCC(C)(O)C(F)(F)F)\C=C/C1)NC. The molecule has 7 heteroatoms. The number of halogens is 4. The van der Waals surface area contributed by atoms with Gasteiger partial charge in [0.15, 0.2) is 5.60 Å². The Morgan fingerprint density at radius 2 is 1.93 bits per heavy atom. The van der Waals surface area contributed by atoms with E-state index in [1.54, 1.807) is 0 Å². The van der Waals surface area contributed by atoms with Gasteiger partial charge in [0.1, 0.15) is 6.67 Å². The van der Waals surface area contributed by atoms with E-state index >= 15 is 0 Å². The Morgan fingerprint density at radius 1 is 1.23 bits per heavy atom. The molecular weight excluding hydrogens is 396 g/mol. The maximum Gasteiger partial charge on any atom is 0.416 e. The highest BCUT2D eigenvalue weighted by Gasteiger charge is 2.49. The molecule has 0 saturated carbocycles. The third-order valence-electron chi connectivity index (χ3n) is 5.95. The smallest absolute Gasteiger partial charge is 0.381 e. The minimum atomic E-state index is -4.63. The van der Waals surface area contributed by atoms with Gasteiger partial charge in [-0.15, -0.1) is 0 Å². The second-order valence-electron chi connectivity index (χ2n) is 8.28. The maximum absolute atomic E-state index is 13.7. The third-order valence-corrected chi connectivity index (χ3v) is 5.95. The summed E-state index contributed by atoms with van der Waals surface area (Å²) >= 11 is 0. The summed E-state index contributed by atoms with van der Waals surface area (Å²) in [6, 6.07) is 0.408. The highest BCUT2D eigenvalue weighted by Crippen LogP contribution is 2.33. The number of nitrogens with zero attached hydrogens (tertiary/aromatic N) is 1. The molecule has 0 heterocycles. The fraction of sp³-hybridized carbons (Fsp3) is 0.739. The molecule has 0 aliphatic heterocycles. The molecule has 174 valence electrons. The van der Waals surface area contributed by atoms with Crippen LogP contribution in [0.3, 0.4) is 0 Å². The molecule has 0 amide bonds. The standard InChI is InChI=1S/C23H38F4N2O/c1-5-21(28-4)15-18-9-7-10-20(19(16-24)12-11-18)17-29(6-2)14-8-13-22(3,30)23(25,26)27/h7,10-11,21,28,30H,5-6,8-9,12-17H2,1-4H3/b10-7-,18-11+,20-19-. The van der Waals surface area contributed by atoms with E-state index in [1.165, 1.54) is 5.57 Å². The van der Waals surface area contributed by atoms with Gasteiger partial charge in [-0.25, -0.2) is 4.39 Å². The minimum Gasteiger partial charge on any atom is -0.381 e. The van der Waals surface area contributed by atoms with Crippen LogP contribution in [0.4, 0.5) is 17.6 Å². The Hall–Kier alpha value is -1.18. The van der Waals surface area contributed by atoms with Crippen LogP contribution in [-0.2, 0) is 0 Å². The lowest BCUT2D eigenvalue weighted by Crippen LogP contribution is -2.42. The molecule has 1 rings (SSSR count). The summed E-state index contributed by atoms with van der Waals surface area (Å²) in [6.45, 7) is 5.91. The molecule has 30 heavy (non-hydrogen) atoms.